The molecule has 2 aromatic rings. The summed E-state index contributed by atoms with van der Waals surface area (Å²) in [6.45, 7) is 10.6. The van der Waals surface area contributed by atoms with E-state index in [1.54, 1.807) is 0 Å². The monoisotopic (exact) mass is 404 g/mol. The standard InChI is InChI=1S/C22H29ClN2O3/c1-4-27-21-14-17(13-20(23)22(21)28-16(2)3)15-24-18-5-7-19(8-6-18)25-9-11-26-12-10-25/h5-8,13-14,16,24H,4,9-12,15H2,1-3H3. The minimum absolute atomic E-state index is 0.0330. The minimum Gasteiger partial charge on any atom is -0.490 e. The summed E-state index contributed by atoms with van der Waals surface area (Å²) in [6.07, 6.45) is 0.0330. The SMILES string of the molecule is CCOc1cc(CNc2ccc(N3CCOCC3)cc2)cc(Cl)c1OC(C)C. The molecule has 0 bridgehead atoms. The number of ether oxygens (including phenoxy) is 3. The molecule has 0 saturated carbocycles. The molecule has 28 heavy (non-hydrogen) atoms. The second-order valence-electron chi connectivity index (χ2n) is 7.00. The molecule has 3 rings (SSSR count). The predicted octanol–water partition coefficient (Wildman–Crippen LogP) is 4.97. The Morgan fingerprint density at radius 1 is 1.14 bits per heavy atom. The summed E-state index contributed by atoms with van der Waals surface area (Å²) in [5, 5.41) is 4.02. The maximum absolute atomic E-state index is 6.45. The van der Waals surface area contributed by atoms with Crippen molar-refractivity contribution in [3.63, 3.8) is 0 Å². The van der Waals surface area contributed by atoms with Gasteiger partial charge in [-0.2, -0.15) is 0 Å². The molecule has 0 atom stereocenters. The third-order valence-corrected chi connectivity index (χ3v) is 4.74. The van der Waals surface area contributed by atoms with E-state index < -0.39 is 0 Å². The zero-order valence-electron chi connectivity index (χ0n) is 16.8. The first-order valence-electron chi connectivity index (χ1n) is 9.85. The van der Waals surface area contributed by atoms with Crippen molar-refractivity contribution in [2.75, 3.05) is 43.1 Å². The average molecular weight is 405 g/mol. The number of hydrogen-bond acceptors (Lipinski definition) is 5. The molecule has 0 radical (unpaired) electrons. The van der Waals surface area contributed by atoms with Crippen molar-refractivity contribution in [2.24, 2.45) is 0 Å². The van der Waals surface area contributed by atoms with Crippen molar-refractivity contribution in [2.45, 2.75) is 33.4 Å². The Hall–Kier alpha value is -2.11. The van der Waals surface area contributed by atoms with Crippen LogP contribution in [-0.4, -0.2) is 39.0 Å². The van der Waals surface area contributed by atoms with E-state index in [1.807, 2.05) is 32.9 Å². The molecule has 1 saturated heterocycles. The molecule has 0 spiro atoms. The van der Waals surface area contributed by atoms with Crippen LogP contribution >= 0.6 is 11.6 Å². The van der Waals surface area contributed by atoms with E-state index in [1.165, 1.54) is 5.69 Å². The summed E-state index contributed by atoms with van der Waals surface area (Å²) in [7, 11) is 0. The maximum atomic E-state index is 6.45. The predicted molar refractivity (Wildman–Crippen MR) is 115 cm³/mol. The average Bonchev–Trinajstić information content (AvgIpc) is 2.70. The highest BCUT2D eigenvalue weighted by Gasteiger charge is 2.14. The number of nitrogens with one attached hydrogen (secondary N) is 1. The fourth-order valence-electron chi connectivity index (χ4n) is 3.15. The Morgan fingerprint density at radius 2 is 1.86 bits per heavy atom. The topological polar surface area (TPSA) is 43.0 Å². The van der Waals surface area contributed by atoms with Gasteiger partial charge in [0, 0.05) is 31.0 Å². The van der Waals surface area contributed by atoms with Gasteiger partial charge in [0.2, 0.25) is 0 Å². The number of benzene rings is 2. The van der Waals surface area contributed by atoms with Gasteiger partial charge < -0.3 is 24.4 Å². The molecule has 0 aromatic heterocycles. The Kier molecular flexibility index (Phi) is 7.29. The van der Waals surface area contributed by atoms with Gasteiger partial charge in [-0.15, -0.1) is 0 Å². The summed E-state index contributed by atoms with van der Waals surface area (Å²) in [5.41, 5.74) is 3.33. The lowest BCUT2D eigenvalue weighted by Gasteiger charge is -2.29. The van der Waals surface area contributed by atoms with Gasteiger partial charge in [-0.1, -0.05) is 11.6 Å². The van der Waals surface area contributed by atoms with Crippen LogP contribution in [0, 0.1) is 0 Å². The quantitative estimate of drug-likeness (QED) is 0.672. The molecule has 2 aromatic carbocycles. The Balaban J connectivity index is 1.66. The van der Waals surface area contributed by atoms with Crippen molar-refractivity contribution in [1.29, 1.82) is 0 Å². The molecule has 6 heteroatoms. The smallest absolute Gasteiger partial charge is 0.180 e. The van der Waals surface area contributed by atoms with Crippen LogP contribution in [-0.2, 0) is 11.3 Å². The molecule has 0 aliphatic carbocycles. The number of morpholine rings is 1. The first-order valence-corrected chi connectivity index (χ1v) is 10.2. The van der Waals surface area contributed by atoms with E-state index in [9.17, 15) is 0 Å². The second kappa shape index (κ2) is 9.89. The molecule has 1 aliphatic heterocycles. The third-order valence-electron chi connectivity index (χ3n) is 4.46. The molecular formula is C22H29ClN2O3. The van der Waals surface area contributed by atoms with E-state index in [2.05, 4.69) is 34.5 Å². The lowest BCUT2D eigenvalue weighted by Crippen LogP contribution is -2.36. The summed E-state index contributed by atoms with van der Waals surface area (Å²) in [6, 6.07) is 12.4. The Morgan fingerprint density at radius 3 is 2.50 bits per heavy atom. The van der Waals surface area contributed by atoms with Gasteiger partial charge in [-0.25, -0.2) is 0 Å². The lowest BCUT2D eigenvalue weighted by atomic mass is 10.2. The summed E-state index contributed by atoms with van der Waals surface area (Å²) >= 11 is 6.45. The molecule has 1 fully saturated rings. The van der Waals surface area contributed by atoms with E-state index in [4.69, 9.17) is 25.8 Å². The van der Waals surface area contributed by atoms with Gasteiger partial charge in [0.05, 0.1) is 30.9 Å². The van der Waals surface area contributed by atoms with Crippen LogP contribution in [0.5, 0.6) is 11.5 Å². The number of rotatable bonds is 8. The molecule has 0 unspecified atom stereocenters. The molecule has 152 valence electrons. The van der Waals surface area contributed by atoms with E-state index in [-0.39, 0.29) is 6.10 Å². The van der Waals surface area contributed by atoms with Gasteiger partial charge in [-0.05, 0) is 62.7 Å². The normalized spacial score (nSPS) is 14.2. The van der Waals surface area contributed by atoms with Crippen LogP contribution in [0.25, 0.3) is 0 Å². The maximum Gasteiger partial charge on any atom is 0.180 e. The number of nitrogens with zero attached hydrogens (tertiary/aromatic N) is 1. The summed E-state index contributed by atoms with van der Waals surface area (Å²) in [5.74, 6) is 1.29. The molecule has 5 nitrogen and oxygen atoms in total. The highest BCUT2D eigenvalue weighted by Crippen LogP contribution is 2.37. The van der Waals surface area contributed by atoms with Crippen molar-refractivity contribution in [3.05, 3.63) is 47.0 Å². The Bertz CT molecular complexity index is 759. The molecule has 0 amide bonds. The number of anilines is 2. The van der Waals surface area contributed by atoms with Crippen LogP contribution in [0.15, 0.2) is 36.4 Å². The van der Waals surface area contributed by atoms with Crippen molar-refractivity contribution in [1.82, 2.24) is 0 Å². The Labute approximate surface area is 172 Å². The zero-order chi connectivity index (χ0) is 19.9. The molecule has 1 aliphatic rings. The minimum atomic E-state index is 0.0330. The van der Waals surface area contributed by atoms with Gasteiger partial charge in [0.15, 0.2) is 11.5 Å². The lowest BCUT2D eigenvalue weighted by molar-refractivity contribution is 0.122. The first-order chi connectivity index (χ1) is 13.6. The fraction of sp³-hybridized carbons (Fsp3) is 0.455. The molecule has 1 heterocycles. The van der Waals surface area contributed by atoms with Gasteiger partial charge in [0.25, 0.3) is 0 Å². The second-order valence-corrected chi connectivity index (χ2v) is 7.41. The molecular weight excluding hydrogens is 376 g/mol. The van der Waals surface area contributed by atoms with Gasteiger partial charge in [-0.3, -0.25) is 0 Å². The van der Waals surface area contributed by atoms with Crippen LogP contribution in [0.4, 0.5) is 11.4 Å². The number of hydrogen-bond donors (Lipinski definition) is 1. The van der Waals surface area contributed by atoms with E-state index >= 15 is 0 Å². The van der Waals surface area contributed by atoms with E-state index in [0.717, 1.165) is 37.6 Å². The van der Waals surface area contributed by atoms with Crippen molar-refractivity contribution >= 4 is 23.0 Å². The van der Waals surface area contributed by atoms with Gasteiger partial charge in [0.1, 0.15) is 0 Å². The third kappa shape index (κ3) is 5.46. The summed E-state index contributed by atoms with van der Waals surface area (Å²) < 4.78 is 17.0. The largest absolute Gasteiger partial charge is 0.490 e. The van der Waals surface area contributed by atoms with Gasteiger partial charge >= 0.3 is 0 Å². The highest BCUT2D eigenvalue weighted by molar-refractivity contribution is 6.32. The van der Waals surface area contributed by atoms with Crippen molar-refractivity contribution in [3.8, 4) is 11.5 Å². The number of halogens is 1. The first kappa shape index (κ1) is 20.6. The van der Waals surface area contributed by atoms with Crippen LogP contribution in [0.2, 0.25) is 5.02 Å². The van der Waals surface area contributed by atoms with Crippen LogP contribution in [0.3, 0.4) is 0 Å². The van der Waals surface area contributed by atoms with E-state index in [0.29, 0.717) is 29.7 Å². The van der Waals surface area contributed by atoms with Crippen LogP contribution < -0.4 is 19.7 Å². The van der Waals surface area contributed by atoms with Crippen molar-refractivity contribution < 1.29 is 14.2 Å². The highest BCUT2D eigenvalue weighted by atomic mass is 35.5. The molecule has 1 N–H and O–H groups in total. The van der Waals surface area contributed by atoms with Crippen LogP contribution in [0.1, 0.15) is 26.3 Å². The zero-order valence-corrected chi connectivity index (χ0v) is 17.6. The summed E-state index contributed by atoms with van der Waals surface area (Å²) in [4.78, 5) is 2.34. The fourth-order valence-corrected chi connectivity index (χ4v) is 3.43.